The molecule has 0 aliphatic carbocycles. The Bertz CT molecular complexity index is 440. The monoisotopic (exact) mass is 275 g/mol. The van der Waals surface area contributed by atoms with E-state index < -0.39 is 25.5 Å². The van der Waals surface area contributed by atoms with Crippen LogP contribution in [0.5, 0.6) is 11.5 Å². The number of aliphatic hydroxyl groups is 1. The van der Waals surface area contributed by atoms with E-state index in [4.69, 9.17) is 9.84 Å². The number of carbonyl (C=O) groups is 1. The number of hydrogen-bond donors (Lipinski definition) is 2. The maximum atomic E-state index is 12.3. The van der Waals surface area contributed by atoms with E-state index in [2.05, 4.69) is 0 Å². The summed E-state index contributed by atoms with van der Waals surface area (Å²) in [6, 6.07) is 3.94. The van der Waals surface area contributed by atoms with Crippen LogP contribution in [0.2, 0.25) is 0 Å². The molecule has 0 aliphatic heterocycles. The van der Waals surface area contributed by atoms with Crippen molar-refractivity contribution in [2.75, 3.05) is 26.8 Å². The molecule has 0 saturated heterocycles. The van der Waals surface area contributed by atoms with Crippen molar-refractivity contribution < 1.29 is 28.5 Å². The molecule has 1 aromatic carbocycles. The molecule has 0 saturated carbocycles. The van der Waals surface area contributed by atoms with Crippen molar-refractivity contribution in [1.29, 1.82) is 0 Å². The van der Waals surface area contributed by atoms with E-state index in [1.54, 1.807) is 0 Å². The zero-order valence-electron chi connectivity index (χ0n) is 10.3. The number of carbonyl (C=O) groups excluding carboxylic acids is 1. The molecule has 0 atom stereocenters. The van der Waals surface area contributed by atoms with Gasteiger partial charge in [0.25, 0.3) is 12.3 Å². The van der Waals surface area contributed by atoms with Crippen LogP contribution in [0.15, 0.2) is 18.2 Å². The molecule has 106 valence electrons. The summed E-state index contributed by atoms with van der Waals surface area (Å²) in [5.74, 6) is -0.785. The van der Waals surface area contributed by atoms with E-state index >= 15 is 0 Å². The molecule has 0 fully saturated rings. The first-order chi connectivity index (χ1) is 8.99. The number of phenolic OH excluding ortho intramolecular Hbond substituents is 1. The highest BCUT2D eigenvalue weighted by molar-refractivity contribution is 5.97. The minimum atomic E-state index is -2.71. The molecule has 7 heteroatoms. The number of ether oxygens (including phenoxy) is 1. The van der Waals surface area contributed by atoms with E-state index in [1.807, 2.05) is 0 Å². The number of alkyl halides is 2. The fourth-order valence-corrected chi connectivity index (χ4v) is 1.55. The first-order valence-electron chi connectivity index (χ1n) is 5.55. The summed E-state index contributed by atoms with van der Waals surface area (Å²) >= 11 is 0. The normalized spacial score (nSPS) is 10.6. The Morgan fingerprint density at radius 2 is 2.16 bits per heavy atom. The molecule has 1 rings (SSSR count). The molecule has 1 amide bonds. The van der Waals surface area contributed by atoms with Gasteiger partial charge in [0.05, 0.1) is 25.8 Å². The van der Waals surface area contributed by atoms with Crippen molar-refractivity contribution in [3.8, 4) is 11.5 Å². The van der Waals surface area contributed by atoms with Gasteiger partial charge >= 0.3 is 0 Å². The van der Waals surface area contributed by atoms with Gasteiger partial charge in [-0.25, -0.2) is 8.78 Å². The van der Waals surface area contributed by atoms with Crippen molar-refractivity contribution in [2.45, 2.75) is 6.43 Å². The summed E-state index contributed by atoms with van der Waals surface area (Å²) in [4.78, 5) is 12.8. The summed E-state index contributed by atoms with van der Waals surface area (Å²) in [6.07, 6.45) is -2.71. The Labute approximate surface area is 109 Å². The first kappa shape index (κ1) is 15.2. The van der Waals surface area contributed by atoms with Crippen LogP contribution < -0.4 is 4.74 Å². The van der Waals surface area contributed by atoms with E-state index in [0.29, 0.717) is 5.75 Å². The maximum absolute atomic E-state index is 12.3. The molecule has 0 unspecified atom stereocenters. The average Bonchev–Trinajstić information content (AvgIpc) is 2.36. The predicted molar refractivity (Wildman–Crippen MR) is 63.7 cm³/mol. The lowest BCUT2D eigenvalue weighted by Gasteiger charge is -2.21. The lowest BCUT2D eigenvalue weighted by Crippen LogP contribution is -2.37. The van der Waals surface area contributed by atoms with Gasteiger partial charge in [-0.3, -0.25) is 4.79 Å². The van der Waals surface area contributed by atoms with Crippen molar-refractivity contribution in [1.82, 2.24) is 4.90 Å². The second kappa shape index (κ2) is 6.89. The van der Waals surface area contributed by atoms with Crippen molar-refractivity contribution in [3.63, 3.8) is 0 Å². The van der Waals surface area contributed by atoms with Crippen LogP contribution in [0.1, 0.15) is 10.4 Å². The molecule has 1 aromatic rings. The van der Waals surface area contributed by atoms with Crippen LogP contribution in [-0.4, -0.2) is 54.3 Å². The highest BCUT2D eigenvalue weighted by Crippen LogP contribution is 2.24. The standard InChI is InChI=1S/C12H15F2NO4/c1-19-8-2-3-9(10(17)6-8)12(18)15(4-5-16)7-11(13)14/h2-3,6,11,16-17H,4-5,7H2,1H3. The predicted octanol–water partition coefficient (Wildman–Crippen LogP) is 1.10. The number of methoxy groups -OCH3 is 1. The zero-order valence-corrected chi connectivity index (χ0v) is 10.3. The van der Waals surface area contributed by atoms with Gasteiger partial charge in [0, 0.05) is 12.6 Å². The summed E-state index contributed by atoms with van der Waals surface area (Å²) < 4.78 is 29.5. The quantitative estimate of drug-likeness (QED) is 0.815. The largest absolute Gasteiger partial charge is 0.507 e. The number of rotatable bonds is 6. The van der Waals surface area contributed by atoms with Crippen LogP contribution in [0, 0.1) is 0 Å². The molecule has 2 N–H and O–H groups in total. The highest BCUT2D eigenvalue weighted by Gasteiger charge is 2.21. The maximum Gasteiger partial charge on any atom is 0.257 e. The molecular weight excluding hydrogens is 260 g/mol. The highest BCUT2D eigenvalue weighted by atomic mass is 19.3. The molecule has 0 radical (unpaired) electrons. The lowest BCUT2D eigenvalue weighted by molar-refractivity contribution is 0.0506. The van der Waals surface area contributed by atoms with Gasteiger partial charge in [0.15, 0.2) is 0 Å². The third-order valence-electron chi connectivity index (χ3n) is 2.45. The van der Waals surface area contributed by atoms with E-state index in [-0.39, 0.29) is 17.9 Å². The van der Waals surface area contributed by atoms with E-state index in [0.717, 1.165) is 4.90 Å². The lowest BCUT2D eigenvalue weighted by atomic mass is 10.1. The number of aliphatic hydroxyl groups excluding tert-OH is 1. The Balaban J connectivity index is 2.95. The number of benzene rings is 1. The molecule has 0 aliphatic rings. The van der Waals surface area contributed by atoms with Crippen molar-refractivity contribution in [3.05, 3.63) is 23.8 Å². The van der Waals surface area contributed by atoms with Crippen molar-refractivity contribution >= 4 is 5.91 Å². The SMILES string of the molecule is COc1ccc(C(=O)N(CCO)CC(F)F)c(O)c1. The number of hydrogen-bond acceptors (Lipinski definition) is 4. The van der Waals surface area contributed by atoms with Crippen LogP contribution in [0.4, 0.5) is 8.78 Å². The Kier molecular flexibility index (Phi) is 5.50. The van der Waals surface area contributed by atoms with Crippen molar-refractivity contribution in [2.24, 2.45) is 0 Å². The second-order valence-electron chi connectivity index (χ2n) is 3.75. The van der Waals surface area contributed by atoms with Crippen LogP contribution in [0.25, 0.3) is 0 Å². The van der Waals surface area contributed by atoms with Gasteiger partial charge in [0.1, 0.15) is 11.5 Å². The molecule has 0 bridgehead atoms. The zero-order chi connectivity index (χ0) is 14.4. The number of amides is 1. The summed E-state index contributed by atoms with van der Waals surface area (Å²) in [7, 11) is 1.39. The van der Waals surface area contributed by atoms with Gasteiger partial charge in [-0.1, -0.05) is 0 Å². The number of aromatic hydroxyl groups is 1. The van der Waals surface area contributed by atoms with Gasteiger partial charge < -0.3 is 19.8 Å². The number of phenols is 1. The summed E-state index contributed by atoms with van der Waals surface area (Å²) in [5.41, 5.74) is -0.116. The minimum absolute atomic E-state index is 0.116. The molecule has 0 heterocycles. The molecule has 0 spiro atoms. The third kappa shape index (κ3) is 4.06. The number of halogens is 2. The summed E-state index contributed by atoms with van der Waals surface area (Å²) in [5, 5.41) is 18.4. The van der Waals surface area contributed by atoms with Gasteiger partial charge in [-0.05, 0) is 12.1 Å². The van der Waals surface area contributed by atoms with Gasteiger partial charge in [0.2, 0.25) is 0 Å². The first-order valence-corrected chi connectivity index (χ1v) is 5.55. The smallest absolute Gasteiger partial charge is 0.257 e. The van der Waals surface area contributed by atoms with Crippen LogP contribution in [0.3, 0.4) is 0 Å². The van der Waals surface area contributed by atoms with E-state index in [1.165, 1.54) is 25.3 Å². The van der Waals surface area contributed by atoms with Crippen LogP contribution >= 0.6 is 0 Å². The fraction of sp³-hybridized carbons (Fsp3) is 0.417. The number of nitrogens with zero attached hydrogens (tertiary/aromatic N) is 1. The molecule has 5 nitrogen and oxygen atoms in total. The molecule has 19 heavy (non-hydrogen) atoms. The Morgan fingerprint density at radius 1 is 1.47 bits per heavy atom. The average molecular weight is 275 g/mol. The van der Waals surface area contributed by atoms with E-state index in [9.17, 15) is 18.7 Å². The Morgan fingerprint density at radius 3 is 2.63 bits per heavy atom. The Hall–Kier alpha value is -1.89. The van der Waals surface area contributed by atoms with Crippen LogP contribution in [-0.2, 0) is 0 Å². The summed E-state index contributed by atoms with van der Waals surface area (Å²) in [6.45, 7) is -1.46. The molecular formula is C12H15F2NO4. The topological polar surface area (TPSA) is 70.0 Å². The second-order valence-corrected chi connectivity index (χ2v) is 3.75. The van der Waals surface area contributed by atoms with Gasteiger partial charge in [-0.2, -0.15) is 0 Å². The third-order valence-corrected chi connectivity index (χ3v) is 2.45. The fourth-order valence-electron chi connectivity index (χ4n) is 1.55. The molecule has 0 aromatic heterocycles. The minimum Gasteiger partial charge on any atom is -0.507 e. The van der Waals surface area contributed by atoms with Gasteiger partial charge in [-0.15, -0.1) is 0 Å².